The normalized spacial score (nSPS) is 48.4. The van der Waals surface area contributed by atoms with Crippen molar-refractivity contribution in [1.29, 1.82) is 0 Å². The molecule has 92 heavy (non-hydrogen) atoms. The summed E-state index contributed by atoms with van der Waals surface area (Å²) in [6, 6.07) is 4.22. The number of amides is 2. The van der Waals surface area contributed by atoms with E-state index in [1.165, 1.54) is 24.3 Å². The topological polar surface area (TPSA) is 612 Å². The van der Waals surface area contributed by atoms with Crippen molar-refractivity contribution < 1.29 is 183 Å². The third-order valence-electron chi connectivity index (χ3n) is 17.2. The molecule has 21 fully saturated rings. The lowest BCUT2D eigenvalue weighted by molar-refractivity contribution is -0.396. The number of carbonyl (C=O) groups excluding carboxylic acids is 2. The summed E-state index contributed by atoms with van der Waals surface area (Å²) in [5, 5.41) is 239. The van der Waals surface area contributed by atoms with E-state index < -0.39 is 279 Å². The van der Waals surface area contributed by atoms with Crippen LogP contribution in [0, 0.1) is 0 Å². The molecule has 1 aromatic rings. The smallest absolute Gasteiger partial charge is 0.243 e. The summed E-state index contributed by atoms with van der Waals surface area (Å²) in [6.45, 7) is -6.21. The van der Waals surface area contributed by atoms with Gasteiger partial charge in [-0.05, 0) is 17.7 Å². The summed E-state index contributed by atoms with van der Waals surface area (Å²) in [6.07, 6.45) is -72.8. The van der Waals surface area contributed by atoms with Crippen molar-refractivity contribution in [1.82, 2.24) is 10.6 Å². The number of hydrogen-bond acceptors (Lipinski definition) is 37. The maximum Gasteiger partial charge on any atom is 0.243 e. The van der Waals surface area contributed by atoms with Gasteiger partial charge in [-0.1, -0.05) is 12.1 Å². The minimum Gasteiger partial charge on any atom is -0.508 e. The Hall–Kier alpha value is -3.40. The average Bonchev–Trinajstić information content (AvgIpc) is 0.800. The Morgan fingerprint density at radius 1 is 0.348 bits per heavy atom. The van der Waals surface area contributed by atoms with Crippen LogP contribution in [0.5, 0.6) is 5.75 Å². The molecule has 526 valence electrons. The number of ether oxygens (including phenoxy) is 14. The van der Waals surface area contributed by atoms with E-state index in [-0.39, 0.29) is 12.2 Å². The van der Waals surface area contributed by atoms with Gasteiger partial charge in [-0.3, -0.25) is 9.59 Å². The van der Waals surface area contributed by atoms with Crippen LogP contribution in [-0.2, 0) is 82.3 Å². The van der Waals surface area contributed by atoms with Crippen molar-refractivity contribution in [3.8, 4) is 5.75 Å². The van der Waals surface area contributed by atoms with E-state index in [1.807, 2.05) is 0 Å². The second-order valence-corrected chi connectivity index (χ2v) is 23.3. The van der Waals surface area contributed by atoms with Gasteiger partial charge in [0.2, 0.25) is 11.8 Å². The van der Waals surface area contributed by atoms with E-state index >= 15 is 0 Å². The fourth-order valence-corrected chi connectivity index (χ4v) is 12.1. The predicted octanol–water partition coefficient (Wildman–Crippen LogP) is -14.7. The molecule has 21 saturated heterocycles. The molecule has 0 radical (unpaired) electrons. The Morgan fingerprint density at radius 2 is 0.565 bits per heavy atom. The molecule has 22 rings (SSSR count). The van der Waals surface area contributed by atoms with Crippen molar-refractivity contribution in [2.24, 2.45) is 0 Å². The molecule has 14 bridgehead atoms. The Kier molecular flexibility index (Phi) is 24.9. The molecule has 2 amide bonds. The Bertz CT molecular complexity index is 2490. The van der Waals surface area contributed by atoms with Crippen LogP contribution in [0.15, 0.2) is 24.3 Å². The van der Waals surface area contributed by atoms with Crippen molar-refractivity contribution in [3.05, 3.63) is 29.8 Å². The number of aromatic hydroxyl groups is 1. The fourth-order valence-electron chi connectivity index (χ4n) is 12.1. The van der Waals surface area contributed by atoms with Crippen LogP contribution in [0.4, 0.5) is 0 Å². The average molecular weight is 1340 g/mol. The first-order valence-electron chi connectivity index (χ1n) is 29.4. The number of hydrogen-bond donors (Lipinski definition) is 23. The van der Waals surface area contributed by atoms with Crippen LogP contribution in [0.25, 0.3) is 0 Å². The first kappa shape index (κ1) is 72.9. The Balaban J connectivity index is 1.02. The second-order valence-electron chi connectivity index (χ2n) is 23.3. The molecule has 39 heteroatoms. The third kappa shape index (κ3) is 15.3. The van der Waals surface area contributed by atoms with E-state index in [1.54, 1.807) is 0 Å². The third-order valence-corrected chi connectivity index (χ3v) is 17.2. The molecular formula is C53H82N2O37. The Morgan fingerprint density at radius 3 is 0.783 bits per heavy atom. The number of benzene rings is 1. The molecule has 0 aromatic heterocycles. The lowest BCUT2D eigenvalue weighted by Crippen LogP contribution is -2.68. The van der Waals surface area contributed by atoms with Crippen molar-refractivity contribution in [2.75, 3.05) is 46.2 Å². The van der Waals surface area contributed by atoms with E-state index in [0.29, 0.717) is 5.56 Å². The molecular weight excluding hydrogens is 1260 g/mol. The van der Waals surface area contributed by atoms with Crippen LogP contribution < -0.4 is 10.6 Å². The molecule has 1 aromatic carbocycles. The summed E-state index contributed by atoms with van der Waals surface area (Å²) in [5.74, 6) is -1.69. The summed E-state index contributed by atoms with van der Waals surface area (Å²) in [5.41, 5.74) is 0.450. The van der Waals surface area contributed by atoms with Crippen LogP contribution in [0.1, 0.15) is 12.5 Å². The van der Waals surface area contributed by atoms with Crippen molar-refractivity contribution in [2.45, 2.75) is 234 Å². The van der Waals surface area contributed by atoms with Crippen LogP contribution >= 0.6 is 0 Å². The zero-order chi connectivity index (χ0) is 66.9. The van der Waals surface area contributed by atoms with Gasteiger partial charge >= 0.3 is 0 Å². The maximum atomic E-state index is 14.0. The van der Waals surface area contributed by atoms with Crippen LogP contribution in [0.2, 0.25) is 0 Å². The molecule has 23 N–H and O–H groups in total. The van der Waals surface area contributed by atoms with Crippen molar-refractivity contribution in [3.63, 3.8) is 0 Å². The minimum absolute atomic E-state index is 0.112. The Labute approximate surface area is 520 Å². The summed E-state index contributed by atoms with van der Waals surface area (Å²) in [7, 11) is 0. The van der Waals surface area contributed by atoms with Gasteiger partial charge in [0.1, 0.15) is 183 Å². The highest BCUT2D eigenvalue weighted by molar-refractivity contribution is 5.87. The minimum atomic E-state index is -2.33. The van der Waals surface area contributed by atoms with E-state index in [9.17, 15) is 117 Å². The zero-order valence-electron chi connectivity index (χ0n) is 48.7. The lowest BCUT2D eigenvalue weighted by atomic mass is 9.95. The first-order chi connectivity index (χ1) is 43.8. The molecule has 36 atom stereocenters. The number of aliphatic hydroxyl groups is 20. The predicted molar refractivity (Wildman–Crippen MR) is 284 cm³/mol. The van der Waals surface area contributed by atoms with E-state index in [4.69, 9.17) is 66.3 Å². The van der Waals surface area contributed by atoms with Gasteiger partial charge in [0.05, 0.1) is 39.6 Å². The second kappa shape index (κ2) is 31.4. The molecule has 39 nitrogen and oxygen atoms in total. The molecule has 0 saturated carbocycles. The number of aliphatic hydroxyl groups excluding tert-OH is 20. The highest BCUT2D eigenvalue weighted by atomic mass is 16.8. The van der Waals surface area contributed by atoms with Gasteiger partial charge in [-0.15, -0.1) is 0 Å². The van der Waals surface area contributed by atoms with Crippen LogP contribution in [0.3, 0.4) is 0 Å². The number of rotatable bonds is 12. The number of carbonyl (C=O) groups is 2. The SMILES string of the molecule is CC(=O)NC(Cc1ccc(O)cc1)C(=O)NC[C@H]1O[C@@H]2O[C@H]3[C@H](O)[C@H](O)[C@@H](O[C@H]4[C@H](O)[C@H](O)[C@@H](O[C@H]5[C@H](O)[C@@H](O)[C@@H](O[C@H]6[C@H](O)[C@@H](O)[C@@H](O[C@H]7[C@H](O)[C@@H](O)[C@@H](O[C@H]8[C@H](O)[C@@H](O)[C@@H](O[C@H]1[C@H](O)[C@H]2O)O[C@@H]8CO)O[C@@H]7CO)O[C@@H]6CO)O[C@@H]5CO)O[C@@H]4CO)O[C@@H]3CO. The highest BCUT2D eigenvalue weighted by Crippen LogP contribution is 2.39. The number of nitrogens with one attached hydrogen (secondary N) is 2. The van der Waals surface area contributed by atoms with Crippen LogP contribution in [-0.4, -0.2) is 386 Å². The standard InChI is InChI=1S/C53H82N2O37/c1-14(62)55-17(6-15-2-4-16(63)5-3-15)46(78)54-7-18-39-25(64)32(71)47(79-18)87-40-19(8-56)81-49(34(73)27(40)66)89-42-21(10-58)83-51(36(75)29(42)68)91-44-23(12-60)85-53(38(77)31(44)70)92-45-24(13-61)84-52(37(76)30(45)69)90-43-22(11-59)82-50(35(74)28(43)67)88-41-20(9-57)80-48(86-39)33(72)26(41)65/h2-5,17-45,47-53,56-61,63-77H,6-13H2,1H3,(H,54,78)(H,55,62)/t17?,18-,19-,20-,21-,22-,23-,24-,25-,26-,27-,28-,29-,30-,31-,32-,33-,34+,35-,36+,37-,38-,39-,40-,41-,42-,43-,44-,45-,47-,48-,49-,50-,51-,52-,53-/m1/s1. The summed E-state index contributed by atoms with van der Waals surface area (Å²) < 4.78 is 81.1. The number of phenols is 1. The lowest BCUT2D eigenvalue weighted by Gasteiger charge is -2.50. The highest BCUT2D eigenvalue weighted by Gasteiger charge is 2.60. The van der Waals surface area contributed by atoms with Gasteiger partial charge < -0.3 is 184 Å². The van der Waals surface area contributed by atoms with Crippen molar-refractivity contribution >= 4 is 11.8 Å². The van der Waals surface area contributed by atoms with Gasteiger partial charge in [0.15, 0.2) is 44.0 Å². The maximum absolute atomic E-state index is 14.0. The molecule has 0 spiro atoms. The first-order valence-corrected chi connectivity index (χ1v) is 29.4. The largest absolute Gasteiger partial charge is 0.508 e. The zero-order valence-corrected chi connectivity index (χ0v) is 48.7. The summed E-state index contributed by atoms with van der Waals surface area (Å²) >= 11 is 0. The molecule has 1 unspecified atom stereocenters. The molecule has 21 aliphatic heterocycles. The number of phenolic OH excluding ortho intramolecular Hbond substituents is 1. The molecule has 21 heterocycles. The van der Waals surface area contributed by atoms with Gasteiger partial charge in [-0.25, -0.2) is 0 Å². The quantitative estimate of drug-likeness (QED) is 0.0924. The van der Waals surface area contributed by atoms with Gasteiger partial charge in [0.25, 0.3) is 0 Å². The van der Waals surface area contributed by atoms with Gasteiger partial charge in [0, 0.05) is 19.9 Å². The van der Waals surface area contributed by atoms with E-state index in [2.05, 4.69) is 10.6 Å². The monoisotopic (exact) mass is 1340 g/mol. The van der Waals surface area contributed by atoms with E-state index in [0.717, 1.165) is 6.92 Å². The summed E-state index contributed by atoms with van der Waals surface area (Å²) in [4.78, 5) is 26.3. The van der Waals surface area contributed by atoms with Gasteiger partial charge in [-0.2, -0.15) is 0 Å². The molecule has 21 aliphatic rings. The fraction of sp³-hybridized carbons (Fsp3) is 0.849. The molecule has 0 aliphatic carbocycles.